The molecule has 0 heterocycles. The van der Waals surface area contributed by atoms with Crippen LogP contribution in [0.3, 0.4) is 0 Å². The third kappa shape index (κ3) is 2.70. The quantitative estimate of drug-likeness (QED) is 0.861. The summed E-state index contributed by atoms with van der Waals surface area (Å²) in [7, 11) is 0. The van der Waals surface area contributed by atoms with E-state index in [0.717, 1.165) is 31.2 Å². The van der Waals surface area contributed by atoms with Crippen LogP contribution in [-0.2, 0) is 0 Å². The molecule has 1 saturated carbocycles. The summed E-state index contributed by atoms with van der Waals surface area (Å²) in [5.41, 5.74) is 0.984. The predicted molar refractivity (Wildman–Crippen MR) is 66.2 cm³/mol. The molecule has 0 bridgehead atoms. The fourth-order valence-electron chi connectivity index (χ4n) is 2.57. The van der Waals surface area contributed by atoms with Gasteiger partial charge in [0.2, 0.25) is 0 Å². The average Bonchev–Trinajstić information content (AvgIpc) is 2.39. The second kappa shape index (κ2) is 5.21. The molecule has 1 aromatic carbocycles. The van der Waals surface area contributed by atoms with Gasteiger partial charge in [0.15, 0.2) is 0 Å². The maximum absolute atomic E-state index is 11.0. The van der Waals surface area contributed by atoms with E-state index in [0.29, 0.717) is 5.92 Å². The number of carboxylic acid groups (broad SMARTS) is 2. The molecule has 1 aliphatic carbocycles. The van der Waals surface area contributed by atoms with Gasteiger partial charge < -0.3 is 10.2 Å². The molecule has 1 fully saturated rings. The number of carbonyl (C=O) groups is 2. The van der Waals surface area contributed by atoms with Crippen molar-refractivity contribution in [3.63, 3.8) is 0 Å². The number of carboxylic acids is 2. The van der Waals surface area contributed by atoms with E-state index >= 15 is 0 Å². The molecule has 0 radical (unpaired) electrons. The van der Waals surface area contributed by atoms with Crippen LogP contribution in [0.1, 0.15) is 64.3 Å². The van der Waals surface area contributed by atoms with Gasteiger partial charge in [-0.2, -0.15) is 0 Å². The second-order valence-corrected chi connectivity index (χ2v) is 4.79. The molecule has 0 atom stereocenters. The Morgan fingerprint density at radius 2 is 1.39 bits per heavy atom. The highest BCUT2D eigenvalue weighted by atomic mass is 16.4. The summed E-state index contributed by atoms with van der Waals surface area (Å²) in [6.07, 6.45) is 5.50. The number of hydrogen-bond acceptors (Lipinski definition) is 2. The van der Waals surface area contributed by atoms with Crippen molar-refractivity contribution in [1.29, 1.82) is 0 Å². The van der Waals surface area contributed by atoms with Crippen molar-refractivity contribution in [2.75, 3.05) is 0 Å². The van der Waals surface area contributed by atoms with Crippen molar-refractivity contribution in [3.05, 3.63) is 34.9 Å². The van der Waals surface area contributed by atoms with Gasteiger partial charge in [0.25, 0.3) is 0 Å². The Morgan fingerprint density at radius 3 is 1.83 bits per heavy atom. The van der Waals surface area contributed by atoms with E-state index in [1.165, 1.54) is 12.5 Å². The molecule has 96 valence electrons. The largest absolute Gasteiger partial charge is 0.478 e. The Hall–Kier alpha value is -1.84. The normalized spacial score (nSPS) is 16.4. The zero-order chi connectivity index (χ0) is 13.1. The minimum Gasteiger partial charge on any atom is -0.478 e. The van der Waals surface area contributed by atoms with Crippen molar-refractivity contribution in [2.45, 2.75) is 38.0 Å². The first kappa shape index (κ1) is 12.6. The molecule has 18 heavy (non-hydrogen) atoms. The summed E-state index contributed by atoms with van der Waals surface area (Å²) in [5, 5.41) is 18.0. The SMILES string of the molecule is O=C(O)c1cc(C(=O)O)cc(C2CCCCC2)c1. The minimum absolute atomic E-state index is 0.0653. The lowest BCUT2D eigenvalue weighted by molar-refractivity contribution is 0.0696. The molecule has 4 nitrogen and oxygen atoms in total. The zero-order valence-corrected chi connectivity index (χ0v) is 10.1. The van der Waals surface area contributed by atoms with Gasteiger partial charge in [-0.05, 0) is 42.5 Å². The average molecular weight is 248 g/mol. The number of benzene rings is 1. The fourth-order valence-corrected chi connectivity index (χ4v) is 2.57. The Balaban J connectivity index is 2.38. The highest BCUT2D eigenvalue weighted by molar-refractivity contribution is 5.94. The molecule has 1 aromatic rings. The van der Waals surface area contributed by atoms with E-state index in [1.54, 1.807) is 12.1 Å². The molecule has 0 unspecified atom stereocenters. The van der Waals surface area contributed by atoms with Crippen LogP contribution in [-0.4, -0.2) is 22.2 Å². The Morgan fingerprint density at radius 1 is 0.889 bits per heavy atom. The summed E-state index contributed by atoms with van der Waals surface area (Å²) >= 11 is 0. The standard InChI is InChI=1S/C14H16O4/c15-13(16)11-6-10(7-12(8-11)14(17)18)9-4-2-1-3-5-9/h6-9H,1-5H2,(H,15,16)(H,17,18). The van der Waals surface area contributed by atoms with Crippen LogP contribution < -0.4 is 0 Å². The molecule has 1 aliphatic rings. The van der Waals surface area contributed by atoms with Crippen molar-refractivity contribution in [3.8, 4) is 0 Å². The molecular weight excluding hydrogens is 232 g/mol. The lowest BCUT2D eigenvalue weighted by atomic mass is 9.83. The second-order valence-electron chi connectivity index (χ2n) is 4.79. The molecule has 4 heteroatoms. The third-order valence-corrected chi connectivity index (χ3v) is 3.53. The van der Waals surface area contributed by atoms with Gasteiger partial charge in [-0.15, -0.1) is 0 Å². The van der Waals surface area contributed by atoms with Crippen LogP contribution in [0.2, 0.25) is 0 Å². The molecular formula is C14H16O4. The van der Waals surface area contributed by atoms with Gasteiger partial charge in [-0.3, -0.25) is 0 Å². The molecule has 2 rings (SSSR count). The number of hydrogen-bond donors (Lipinski definition) is 2. The van der Waals surface area contributed by atoms with Crippen molar-refractivity contribution < 1.29 is 19.8 Å². The lowest BCUT2D eigenvalue weighted by Crippen LogP contribution is -2.09. The van der Waals surface area contributed by atoms with E-state index in [2.05, 4.69) is 0 Å². The van der Waals surface area contributed by atoms with Crippen LogP contribution in [0.4, 0.5) is 0 Å². The molecule has 0 spiro atoms. The van der Waals surface area contributed by atoms with Crippen molar-refractivity contribution >= 4 is 11.9 Å². The lowest BCUT2D eigenvalue weighted by Gasteiger charge is -2.22. The third-order valence-electron chi connectivity index (χ3n) is 3.53. The summed E-state index contributed by atoms with van der Waals surface area (Å²) < 4.78 is 0. The highest BCUT2D eigenvalue weighted by Crippen LogP contribution is 2.33. The maximum atomic E-state index is 11.0. The predicted octanol–water partition coefficient (Wildman–Crippen LogP) is 3.13. The van der Waals surface area contributed by atoms with E-state index in [9.17, 15) is 9.59 Å². The topological polar surface area (TPSA) is 74.6 Å². The van der Waals surface area contributed by atoms with Gasteiger partial charge in [0.1, 0.15) is 0 Å². The van der Waals surface area contributed by atoms with Crippen LogP contribution >= 0.6 is 0 Å². The monoisotopic (exact) mass is 248 g/mol. The molecule has 2 N–H and O–H groups in total. The van der Waals surface area contributed by atoms with E-state index in [1.807, 2.05) is 0 Å². The zero-order valence-electron chi connectivity index (χ0n) is 10.1. The van der Waals surface area contributed by atoms with Crippen LogP contribution in [0.25, 0.3) is 0 Å². The Labute approximate surface area is 105 Å². The Kier molecular flexibility index (Phi) is 3.65. The van der Waals surface area contributed by atoms with Crippen molar-refractivity contribution in [2.24, 2.45) is 0 Å². The van der Waals surface area contributed by atoms with E-state index < -0.39 is 11.9 Å². The number of rotatable bonds is 3. The fraction of sp³-hybridized carbons (Fsp3) is 0.429. The smallest absolute Gasteiger partial charge is 0.335 e. The van der Waals surface area contributed by atoms with Gasteiger partial charge in [-0.25, -0.2) is 9.59 Å². The summed E-state index contributed by atoms with van der Waals surface area (Å²) in [6.45, 7) is 0. The maximum Gasteiger partial charge on any atom is 0.335 e. The van der Waals surface area contributed by atoms with Gasteiger partial charge in [0.05, 0.1) is 11.1 Å². The van der Waals surface area contributed by atoms with Crippen molar-refractivity contribution in [1.82, 2.24) is 0 Å². The van der Waals surface area contributed by atoms with Crippen LogP contribution in [0.15, 0.2) is 18.2 Å². The Bertz CT molecular complexity index is 440. The number of aromatic carboxylic acids is 2. The van der Waals surface area contributed by atoms with Gasteiger partial charge in [-0.1, -0.05) is 19.3 Å². The van der Waals surface area contributed by atoms with Gasteiger partial charge in [0, 0.05) is 0 Å². The molecule has 0 amide bonds. The minimum atomic E-state index is -1.07. The summed E-state index contributed by atoms with van der Waals surface area (Å²) in [4.78, 5) is 22.0. The summed E-state index contributed by atoms with van der Waals surface area (Å²) in [6, 6.07) is 4.45. The van der Waals surface area contributed by atoms with E-state index in [-0.39, 0.29) is 11.1 Å². The molecule has 0 aromatic heterocycles. The summed E-state index contributed by atoms with van der Waals surface area (Å²) in [5.74, 6) is -1.85. The highest BCUT2D eigenvalue weighted by Gasteiger charge is 2.19. The van der Waals surface area contributed by atoms with Crippen LogP contribution in [0, 0.1) is 0 Å². The first-order chi connectivity index (χ1) is 8.58. The first-order valence-electron chi connectivity index (χ1n) is 6.19. The van der Waals surface area contributed by atoms with Gasteiger partial charge >= 0.3 is 11.9 Å². The van der Waals surface area contributed by atoms with E-state index in [4.69, 9.17) is 10.2 Å². The molecule has 0 aliphatic heterocycles. The first-order valence-corrected chi connectivity index (χ1v) is 6.19. The molecule has 0 saturated heterocycles. The van der Waals surface area contributed by atoms with Crippen LogP contribution in [0.5, 0.6) is 0 Å².